The van der Waals surface area contributed by atoms with E-state index in [4.69, 9.17) is 0 Å². The highest BCUT2D eigenvalue weighted by molar-refractivity contribution is 5.90. The summed E-state index contributed by atoms with van der Waals surface area (Å²) in [5, 5.41) is 11.4. The van der Waals surface area contributed by atoms with E-state index in [1.54, 1.807) is 16.8 Å². The standard InChI is InChI=1S/C18H19N5O2/c1-12-5-4-6-15(9-12)19-17(24)11-22-18(25)8-7-16(21-22)23-14(3)10-13(2)20-23/h4-10H,11H2,1-3H3,(H,19,24). The van der Waals surface area contributed by atoms with Gasteiger partial charge in [0.15, 0.2) is 5.82 Å². The average molecular weight is 337 g/mol. The summed E-state index contributed by atoms with van der Waals surface area (Å²) >= 11 is 0. The summed E-state index contributed by atoms with van der Waals surface area (Å²) in [6.45, 7) is 5.57. The van der Waals surface area contributed by atoms with E-state index in [9.17, 15) is 9.59 Å². The molecular weight excluding hydrogens is 318 g/mol. The molecule has 0 saturated heterocycles. The highest BCUT2D eigenvalue weighted by Gasteiger charge is 2.10. The van der Waals surface area contributed by atoms with Crippen molar-refractivity contribution in [2.24, 2.45) is 0 Å². The van der Waals surface area contributed by atoms with Gasteiger partial charge < -0.3 is 5.32 Å². The molecule has 0 aliphatic heterocycles. The third-order valence-corrected chi connectivity index (χ3v) is 3.67. The fourth-order valence-corrected chi connectivity index (χ4v) is 2.58. The topological polar surface area (TPSA) is 81.8 Å². The normalized spacial score (nSPS) is 10.7. The molecule has 7 heteroatoms. The molecule has 1 aromatic carbocycles. The molecule has 1 N–H and O–H groups in total. The molecule has 0 aliphatic rings. The molecule has 1 amide bonds. The number of carbonyl (C=O) groups excluding carboxylic acids is 1. The number of aromatic nitrogens is 4. The number of aryl methyl sites for hydroxylation is 3. The van der Waals surface area contributed by atoms with Crippen molar-refractivity contribution >= 4 is 11.6 Å². The van der Waals surface area contributed by atoms with Crippen LogP contribution in [-0.2, 0) is 11.3 Å². The Bertz CT molecular complexity index is 987. The van der Waals surface area contributed by atoms with Gasteiger partial charge in [0, 0.05) is 17.4 Å². The van der Waals surface area contributed by atoms with Gasteiger partial charge in [-0.1, -0.05) is 12.1 Å². The molecule has 7 nitrogen and oxygen atoms in total. The Morgan fingerprint density at radius 2 is 1.88 bits per heavy atom. The number of hydrogen-bond acceptors (Lipinski definition) is 4. The molecule has 0 saturated carbocycles. The summed E-state index contributed by atoms with van der Waals surface area (Å²) in [7, 11) is 0. The number of rotatable bonds is 4. The molecular formula is C18H19N5O2. The number of nitrogens with zero attached hydrogens (tertiary/aromatic N) is 4. The molecule has 25 heavy (non-hydrogen) atoms. The lowest BCUT2D eigenvalue weighted by Gasteiger charge is -2.09. The first-order valence-electron chi connectivity index (χ1n) is 7.91. The maximum atomic E-state index is 12.2. The van der Waals surface area contributed by atoms with Crippen LogP contribution >= 0.6 is 0 Å². The molecule has 0 bridgehead atoms. The van der Waals surface area contributed by atoms with Crippen molar-refractivity contribution in [3.05, 3.63) is 69.8 Å². The largest absolute Gasteiger partial charge is 0.324 e. The SMILES string of the molecule is Cc1cccc(NC(=O)Cn2nc(-n3nc(C)cc3C)ccc2=O)c1. The van der Waals surface area contributed by atoms with Gasteiger partial charge in [0.1, 0.15) is 6.54 Å². The van der Waals surface area contributed by atoms with Gasteiger partial charge in [-0.25, -0.2) is 9.36 Å². The van der Waals surface area contributed by atoms with Crippen LogP contribution in [0.25, 0.3) is 5.82 Å². The van der Waals surface area contributed by atoms with Crippen molar-refractivity contribution in [3.8, 4) is 5.82 Å². The summed E-state index contributed by atoms with van der Waals surface area (Å²) in [6.07, 6.45) is 0. The lowest BCUT2D eigenvalue weighted by Crippen LogP contribution is -2.30. The van der Waals surface area contributed by atoms with Crippen molar-refractivity contribution in [1.29, 1.82) is 0 Å². The molecule has 3 aromatic rings. The van der Waals surface area contributed by atoms with E-state index in [1.807, 2.05) is 45.0 Å². The number of carbonyl (C=O) groups is 1. The van der Waals surface area contributed by atoms with Gasteiger partial charge >= 0.3 is 0 Å². The third-order valence-electron chi connectivity index (χ3n) is 3.67. The minimum Gasteiger partial charge on any atom is -0.324 e. The van der Waals surface area contributed by atoms with Crippen LogP contribution in [0.3, 0.4) is 0 Å². The van der Waals surface area contributed by atoms with Crippen molar-refractivity contribution < 1.29 is 4.79 Å². The lowest BCUT2D eigenvalue weighted by atomic mass is 10.2. The van der Waals surface area contributed by atoms with Gasteiger partial charge in [0.2, 0.25) is 5.91 Å². The molecule has 0 unspecified atom stereocenters. The Morgan fingerprint density at radius 1 is 1.08 bits per heavy atom. The van der Waals surface area contributed by atoms with Gasteiger partial charge in [-0.2, -0.15) is 5.10 Å². The van der Waals surface area contributed by atoms with Crippen molar-refractivity contribution in [2.75, 3.05) is 5.32 Å². The van der Waals surface area contributed by atoms with Crippen molar-refractivity contribution in [3.63, 3.8) is 0 Å². The Hall–Kier alpha value is -3.22. The second-order valence-corrected chi connectivity index (χ2v) is 5.94. The predicted molar refractivity (Wildman–Crippen MR) is 94.9 cm³/mol. The molecule has 2 aromatic heterocycles. The number of hydrogen-bond donors (Lipinski definition) is 1. The zero-order valence-electron chi connectivity index (χ0n) is 14.4. The predicted octanol–water partition coefficient (Wildman–Crippen LogP) is 1.99. The molecule has 0 aliphatic carbocycles. The van der Waals surface area contributed by atoms with Crippen LogP contribution in [0, 0.1) is 20.8 Å². The average Bonchev–Trinajstić information content (AvgIpc) is 2.88. The quantitative estimate of drug-likeness (QED) is 0.789. The summed E-state index contributed by atoms with van der Waals surface area (Å²) in [5.74, 6) is 0.180. The van der Waals surface area contributed by atoms with Crippen LogP contribution in [0.4, 0.5) is 5.69 Å². The summed E-state index contributed by atoms with van der Waals surface area (Å²) in [4.78, 5) is 24.3. The molecule has 3 rings (SSSR count). The lowest BCUT2D eigenvalue weighted by molar-refractivity contribution is -0.117. The highest BCUT2D eigenvalue weighted by Crippen LogP contribution is 2.10. The number of amides is 1. The van der Waals surface area contributed by atoms with Gasteiger partial charge in [-0.05, 0) is 50.6 Å². The van der Waals surface area contributed by atoms with E-state index in [1.165, 1.54) is 6.07 Å². The monoisotopic (exact) mass is 337 g/mol. The number of benzene rings is 1. The number of anilines is 1. The van der Waals surface area contributed by atoms with Crippen LogP contribution in [0.5, 0.6) is 0 Å². The zero-order valence-corrected chi connectivity index (χ0v) is 14.4. The Balaban J connectivity index is 1.82. The highest BCUT2D eigenvalue weighted by atomic mass is 16.2. The van der Waals surface area contributed by atoms with Gasteiger partial charge in [-0.15, -0.1) is 5.10 Å². The van der Waals surface area contributed by atoms with Crippen LogP contribution in [0.1, 0.15) is 17.0 Å². The molecule has 128 valence electrons. The second kappa shape index (κ2) is 6.72. The third kappa shape index (κ3) is 3.82. The summed E-state index contributed by atoms with van der Waals surface area (Å²) in [5.41, 5.74) is 3.14. The zero-order chi connectivity index (χ0) is 18.0. The minimum absolute atomic E-state index is 0.167. The van der Waals surface area contributed by atoms with Crippen molar-refractivity contribution in [1.82, 2.24) is 19.6 Å². The summed E-state index contributed by atoms with van der Waals surface area (Å²) < 4.78 is 2.78. The molecule has 0 atom stereocenters. The van der Waals surface area contributed by atoms with E-state index in [0.717, 1.165) is 21.6 Å². The van der Waals surface area contributed by atoms with Crippen molar-refractivity contribution in [2.45, 2.75) is 27.3 Å². The summed E-state index contributed by atoms with van der Waals surface area (Å²) in [6, 6.07) is 12.4. The molecule has 0 spiro atoms. The van der Waals surface area contributed by atoms with E-state index < -0.39 is 0 Å². The second-order valence-electron chi connectivity index (χ2n) is 5.94. The van der Waals surface area contributed by atoms with E-state index in [2.05, 4.69) is 15.5 Å². The van der Waals surface area contributed by atoms with Crippen LogP contribution < -0.4 is 10.9 Å². The smallest absolute Gasteiger partial charge is 0.267 e. The molecule has 0 radical (unpaired) electrons. The fourth-order valence-electron chi connectivity index (χ4n) is 2.58. The first-order valence-corrected chi connectivity index (χ1v) is 7.91. The van der Waals surface area contributed by atoms with Crippen LogP contribution in [0.2, 0.25) is 0 Å². The van der Waals surface area contributed by atoms with Gasteiger partial charge in [-0.3, -0.25) is 9.59 Å². The van der Waals surface area contributed by atoms with E-state index in [0.29, 0.717) is 11.5 Å². The van der Waals surface area contributed by atoms with E-state index in [-0.39, 0.29) is 18.0 Å². The van der Waals surface area contributed by atoms with E-state index >= 15 is 0 Å². The van der Waals surface area contributed by atoms with Crippen LogP contribution in [-0.4, -0.2) is 25.5 Å². The Labute approximate surface area is 144 Å². The number of nitrogens with one attached hydrogen (secondary N) is 1. The molecule has 2 heterocycles. The maximum absolute atomic E-state index is 12.2. The van der Waals surface area contributed by atoms with Crippen LogP contribution in [0.15, 0.2) is 47.3 Å². The molecule has 0 fully saturated rings. The van der Waals surface area contributed by atoms with Gasteiger partial charge in [0.05, 0.1) is 5.69 Å². The maximum Gasteiger partial charge on any atom is 0.267 e. The Kier molecular flexibility index (Phi) is 4.47. The fraction of sp³-hybridized carbons (Fsp3) is 0.222. The van der Waals surface area contributed by atoms with Gasteiger partial charge in [0.25, 0.3) is 5.56 Å². The first-order chi connectivity index (χ1) is 11.9. The Morgan fingerprint density at radius 3 is 2.56 bits per heavy atom. The minimum atomic E-state index is -0.343. The first kappa shape index (κ1) is 16.6.